The number of Topliss-reactive ketones (excluding diaryl/α,β-unsaturated/α-hetero) is 1. The van der Waals surface area contributed by atoms with Crippen LogP contribution in [0.5, 0.6) is 0 Å². The molecule has 11 heteroatoms. The van der Waals surface area contributed by atoms with Gasteiger partial charge in [0, 0.05) is 12.1 Å². The Hall–Kier alpha value is -2.69. The zero-order valence-corrected chi connectivity index (χ0v) is 25.2. The summed E-state index contributed by atoms with van der Waals surface area (Å²) in [4.78, 5) is 62.6. The number of hydrogen-bond acceptors (Lipinski definition) is 6. The molecule has 11 nitrogen and oxygen atoms in total. The van der Waals surface area contributed by atoms with Gasteiger partial charge in [-0.05, 0) is 58.9 Å². The van der Waals surface area contributed by atoms with E-state index in [4.69, 9.17) is 5.73 Å². The molecule has 1 saturated carbocycles. The Morgan fingerprint density at radius 1 is 0.949 bits per heavy atom. The van der Waals surface area contributed by atoms with Gasteiger partial charge in [-0.2, -0.15) is 0 Å². The minimum absolute atomic E-state index is 0.240. The number of urea groups is 1. The van der Waals surface area contributed by atoms with Gasteiger partial charge in [-0.1, -0.05) is 59.3 Å². The lowest BCUT2D eigenvalue weighted by atomic mass is 9.81. The molecule has 226 valence electrons. The first-order chi connectivity index (χ1) is 18.2. The second-order valence-electron chi connectivity index (χ2n) is 11.9. The molecular weight excluding hydrogens is 500 g/mol. The van der Waals surface area contributed by atoms with Crippen LogP contribution < -0.4 is 27.4 Å². The number of nitrogens with two attached hydrogens (primary N) is 2. The molecule has 0 spiro atoms. The summed E-state index contributed by atoms with van der Waals surface area (Å²) in [6.45, 7) is 12.1. The molecule has 1 saturated heterocycles. The first-order valence-corrected chi connectivity index (χ1v) is 14.3. The number of hydrogen-bond donors (Lipinski definition) is 5. The molecule has 7 N–H and O–H groups in total. The standard InChI is InChI=1S/C23H39N5O5.C4H10.CH5N/c1-23(2,3)27-22(33)25-14-18(29)28-13-7-12-17(28)21(32)26-16(19(30)20(24)31)11-5-4-8-15-9-6-10-15;1-4(2)3;1-2/h15-17H,4-14H2,1-3H3,(H2,24,31)(H,26,32)(H2,25,27,33);4H,1-3H3;2H2,1H3/t16?,17-;;/m0../s1. The third-order valence-corrected chi connectivity index (χ3v) is 6.22. The van der Waals surface area contributed by atoms with E-state index in [-0.39, 0.29) is 12.5 Å². The number of amides is 5. The SMILES string of the molecule is CC(C)(C)NC(=O)NCC(=O)N1CCC[C@H]1C(=O)NC(CCCCC1CCC1)C(=O)C(N)=O.CC(C)C.CN. The summed E-state index contributed by atoms with van der Waals surface area (Å²) < 4.78 is 0. The molecule has 2 aliphatic rings. The fraction of sp³-hybridized carbons (Fsp3) is 0.821. The molecule has 0 aromatic carbocycles. The predicted octanol–water partition coefficient (Wildman–Crippen LogP) is 2.21. The van der Waals surface area contributed by atoms with Crippen molar-refractivity contribution in [3.63, 3.8) is 0 Å². The lowest BCUT2D eigenvalue weighted by molar-refractivity contribution is -0.141. The highest BCUT2D eigenvalue weighted by atomic mass is 16.2. The number of nitrogens with one attached hydrogen (secondary N) is 3. The van der Waals surface area contributed by atoms with Gasteiger partial charge in [-0.3, -0.25) is 19.2 Å². The van der Waals surface area contributed by atoms with Crippen molar-refractivity contribution in [1.82, 2.24) is 20.9 Å². The van der Waals surface area contributed by atoms with Crippen LogP contribution in [0.1, 0.15) is 99.3 Å². The van der Waals surface area contributed by atoms with Gasteiger partial charge in [0.05, 0.1) is 12.6 Å². The number of carbonyl (C=O) groups excluding carboxylic acids is 5. The topological polar surface area (TPSA) is 177 Å². The minimum atomic E-state index is -1.08. The van der Waals surface area contributed by atoms with Crippen molar-refractivity contribution in [2.75, 3.05) is 20.1 Å². The van der Waals surface area contributed by atoms with E-state index < -0.39 is 41.3 Å². The second kappa shape index (κ2) is 18.6. The van der Waals surface area contributed by atoms with Crippen LogP contribution >= 0.6 is 0 Å². The first-order valence-electron chi connectivity index (χ1n) is 14.3. The maximum Gasteiger partial charge on any atom is 0.315 e. The van der Waals surface area contributed by atoms with E-state index in [0.29, 0.717) is 32.2 Å². The number of rotatable bonds is 11. The summed E-state index contributed by atoms with van der Waals surface area (Å²) in [5, 5.41) is 7.87. The van der Waals surface area contributed by atoms with E-state index in [1.54, 1.807) is 0 Å². The molecule has 1 heterocycles. The van der Waals surface area contributed by atoms with Gasteiger partial charge in [0.2, 0.25) is 17.6 Å². The molecule has 1 aliphatic carbocycles. The van der Waals surface area contributed by atoms with E-state index in [0.717, 1.165) is 24.7 Å². The van der Waals surface area contributed by atoms with Crippen LogP contribution in [0.15, 0.2) is 0 Å². The molecule has 0 aromatic rings. The van der Waals surface area contributed by atoms with Crippen molar-refractivity contribution in [2.24, 2.45) is 23.3 Å². The minimum Gasteiger partial charge on any atom is -0.363 e. The Morgan fingerprint density at radius 3 is 2.03 bits per heavy atom. The molecule has 2 rings (SSSR count). The third-order valence-electron chi connectivity index (χ3n) is 6.22. The van der Waals surface area contributed by atoms with Gasteiger partial charge >= 0.3 is 6.03 Å². The molecule has 0 bridgehead atoms. The lowest BCUT2D eigenvalue weighted by Crippen LogP contribution is -2.54. The van der Waals surface area contributed by atoms with E-state index in [1.165, 1.54) is 31.2 Å². The fourth-order valence-electron chi connectivity index (χ4n) is 4.25. The van der Waals surface area contributed by atoms with Gasteiger partial charge in [-0.25, -0.2) is 4.79 Å². The first kappa shape index (κ1) is 36.3. The van der Waals surface area contributed by atoms with Crippen LogP contribution in [-0.2, 0) is 19.2 Å². The molecular formula is C28H54N6O5. The zero-order chi connectivity index (χ0) is 30.2. The van der Waals surface area contributed by atoms with Crippen LogP contribution in [0.2, 0.25) is 0 Å². The normalized spacial score (nSPS) is 17.5. The average Bonchev–Trinajstić information content (AvgIpc) is 3.30. The number of likely N-dealkylation sites (tertiary alicyclic amines) is 1. The summed E-state index contributed by atoms with van der Waals surface area (Å²) in [5.74, 6) is -1.16. The van der Waals surface area contributed by atoms with Crippen molar-refractivity contribution >= 4 is 29.5 Å². The van der Waals surface area contributed by atoms with E-state index in [1.807, 2.05) is 20.8 Å². The zero-order valence-electron chi connectivity index (χ0n) is 25.2. The smallest absolute Gasteiger partial charge is 0.315 e. The summed E-state index contributed by atoms with van der Waals surface area (Å²) in [6.07, 6.45) is 7.93. The molecule has 2 fully saturated rings. The summed E-state index contributed by atoms with van der Waals surface area (Å²) >= 11 is 0. The Morgan fingerprint density at radius 2 is 1.54 bits per heavy atom. The van der Waals surface area contributed by atoms with E-state index in [9.17, 15) is 24.0 Å². The predicted molar refractivity (Wildman–Crippen MR) is 154 cm³/mol. The van der Waals surface area contributed by atoms with E-state index in [2.05, 4.69) is 42.5 Å². The van der Waals surface area contributed by atoms with Gasteiger partial charge < -0.3 is 32.3 Å². The van der Waals surface area contributed by atoms with Crippen LogP contribution in [0, 0.1) is 11.8 Å². The largest absolute Gasteiger partial charge is 0.363 e. The Labute approximate surface area is 234 Å². The number of carbonyl (C=O) groups is 5. The maximum absolute atomic E-state index is 12.9. The molecule has 0 aromatic heterocycles. The number of nitrogens with zero attached hydrogens (tertiary/aromatic N) is 1. The molecule has 1 aliphatic heterocycles. The number of primary amides is 1. The second-order valence-corrected chi connectivity index (χ2v) is 11.9. The van der Waals surface area contributed by atoms with Crippen LogP contribution in [-0.4, -0.2) is 72.2 Å². The van der Waals surface area contributed by atoms with Crippen molar-refractivity contribution in [2.45, 2.75) is 117 Å². The monoisotopic (exact) mass is 554 g/mol. The van der Waals surface area contributed by atoms with Gasteiger partial charge in [0.25, 0.3) is 5.91 Å². The molecule has 1 unspecified atom stereocenters. The van der Waals surface area contributed by atoms with Gasteiger partial charge in [0.15, 0.2) is 0 Å². The summed E-state index contributed by atoms with van der Waals surface area (Å²) in [6, 6.07) is -2.20. The average molecular weight is 555 g/mol. The summed E-state index contributed by atoms with van der Waals surface area (Å²) in [7, 11) is 1.50. The molecule has 5 amide bonds. The fourth-order valence-corrected chi connectivity index (χ4v) is 4.25. The third kappa shape index (κ3) is 15.5. The Kier molecular flexibility index (Phi) is 17.3. The highest BCUT2D eigenvalue weighted by molar-refractivity contribution is 6.37. The van der Waals surface area contributed by atoms with Crippen LogP contribution in [0.4, 0.5) is 4.79 Å². The van der Waals surface area contributed by atoms with Crippen molar-refractivity contribution in [1.29, 1.82) is 0 Å². The maximum atomic E-state index is 12.9. The summed E-state index contributed by atoms with van der Waals surface area (Å²) in [5.41, 5.74) is 9.24. The Bertz CT molecular complexity index is 789. The van der Waals surface area contributed by atoms with Crippen molar-refractivity contribution < 1.29 is 24.0 Å². The molecule has 0 radical (unpaired) electrons. The highest BCUT2D eigenvalue weighted by Gasteiger charge is 2.36. The molecule has 39 heavy (non-hydrogen) atoms. The van der Waals surface area contributed by atoms with Crippen molar-refractivity contribution in [3.05, 3.63) is 0 Å². The van der Waals surface area contributed by atoms with Crippen LogP contribution in [0.25, 0.3) is 0 Å². The highest BCUT2D eigenvalue weighted by Crippen LogP contribution is 2.31. The Balaban J connectivity index is 0.00000220. The quantitative estimate of drug-likeness (QED) is 0.193. The lowest BCUT2D eigenvalue weighted by Gasteiger charge is -2.27. The molecule has 2 atom stereocenters. The number of ketones is 1. The van der Waals surface area contributed by atoms with Crippen LogP contribution in [0.3, 0.4) is 0 Å². The van der Waals surface area contributed by atoms with Gasteiger partial charge in [0.1, 0.15) is 6.04 Å². The van der Waals surface area contributed by atoms with Crippen molar-refractivity contribution in [3.8, 4) is 0 Å². The number of unbranched alkanes of at least 4 members (excludes halogenated alkanes) is 1. The van der Waals surface area contributed by atoms with E-state index >= 15 is 0 Å². The van der Waals surface area contributed by atoms with Gasteiger partial charge in [-0.15, -0.1) is 0 Å².